The number of aliphatic hydroxyl groups excluding tert-OH is 3. The predicted molar refractivity (Wildman–Crippen MR) is 374 cm³/mol. The lowest BCUT2D eigenvalue weighted by molar-refractivity contribution is -0.454. The van der Waals surface area contributed by atoms with Crippen molar-refractivity contribution in [3.05, 3.63) is 94.8 Å². The third-order valence-electron chi connectivity index (χ3n) is 20.3. The van der Waals surface area contributed by atoms with Gasteiger partial charge >= 0.3 is 23.8 Å². The van der Waals surface area contributed by atoms with Gasteiger partial charge in [-0.3, -0.25) is 39.2 Å². The highest BCUT2D eigenvalue weighted by molar-refractivity contribution is 6.08. The molecule has 0 saturated carbocycles. The van der Waals surface area contributed by atoms with Crippen molar-refractivity contribution in [2.45, 2.75) is 238 Å². The van der Waals surface area contributed by atoms with Gasteiger partial charge in [0.25, 0.3) is 0 Å². The van der Waals surface area contributed by atoms with Crippen molar-refractivity contribution in [2.24, 2.45) is 30.7 Å². The number of nitrogens with one attached hydrogen (secondary N) is 4. The van der Waals surface area contributed by atoms with Crippen molar-refractivity contribution in [3.63, 3.8) is 0 Å². The Hall–Kier alpha value is -6.27. The number of nitrogens with zero attached hydrogens (tertiary/aromatic N) is 4. The van der Waals surface area contributed by atoms with Gasteiger partial charge in [-0.1, -0.05) is 94.8 Å². The summed E-state index contributed by atoms with van der Waals surface area (Å²) < 4.78 is 40.1. The molecule has 3 saturated heterocycles. The molecule has 2 aromatic carbocycles. The van der Waals surface area contributed by atoms with Crippen LogP contribution in [0.2, 0.25) is 0 Å². The second kappa shape index (κ2) is 36.7. The normalized spacial score (nSPS) is 31.7. The summed E-state index contributed by atoms with van der Waals surface area (Å²) in [5, 5.41) is 80.3. The van der Waals surface area contributed by atoms with Gasteiger partial charge in [0, 0.05) is 69.3 Å². The Bertz CT molecular complexity index is 3180. The highest BCUT2D eigenvalue weighted by Gasteiger charge is 2.53. The number of amides is 3. The Morgan fingerprint density at radius 3 is 2.15 bits per heavy atom. The van der Waals surface area contributed by atoms with E-state index in [-0.39, 0.29) is 88.5 Å². The number of carboxylic acid groups (broad SMARTS) is 1. The van der Waals surface area contributed by atoms with E-state index in [0.29, 0.717) is 35.4 Å². The van der Waals surface area contributed by atoms with Crippen LogP contribution in [0.3, 0.4) is 0 Å². The van der Waals surface area contributed by atoms with E-state index in [1.165, 1.54) is 18.9 Å². The molecule has 19 unspecified atom stereocenters. The second-order valence-electron chi connectivity index (χ2n) is 29.5. The number of aliphatic carboxylic acids is 1. The van der Waals surface area contributed by atoms with Gasteiger partial charge in [0.1, 0.15) is 36.1 Å². The third kappa shape index (κ3) is 21.9. The van der Waals surface area contributed by atoms with Crippen LogP contribution in [0.5, 0.6) is 0 Å². The predicted octanol–water partition coefficient (Wildman–Crippen LogP) is 2.61. The number of benzene rings is 2. The second-order valence-corrected chi connectivity index (χ2v) is 29.5. The van der Waals surface area contributed by atoms with E-state index in [0.717, 1.165) is 5.56 Å². The number of ether oxygens (including phenoxy) is 6. The third-order valence-corrected chi connectivity index (χ3v) is 20.3. The number of esters is 1. The molecule has 3 fully saturated rings. The summed E-state index contributed by atoms with van der Waals surface area (Å²) in [4.78, 5) is 91.5. The molecule has 100 heavy (non-hydrogen) atoms. The zero-order valence-corrected chi connectivity index (χ0v) is 61.9. The lowest BCUT2D eigenvalue weighted by Gasteiger charge is -2.48. The first-order valence-electron chi connectivity index (χ1n) is 35.4. The van der Waals surface area contributed by atoms with Crippen molar-refractivity contribution in [1.29, 1.82) is 0 Å². The Balaban J connectivity index is 1.28. The molecule has 0 spiro atoms. The first kappa shape index (κ1) is 82.7. The summed E-state index contributed by atoms with van der Waals surface area (Å²) in [6.07, 6.45) is -9.68. The largest absolute Gasteiger partial charge is 0.479 e. The number of ketones is 1. The molecule has 19 atom stereocenters. The Labute approximate surface area is 590 Å². The molecular weight excluding hydrogens is 1290 g/mol. The number of cyclic esters (lactones) is 1. The lowest BCUT2D eigenvalue weighted by Crippen LogP contribution is -2.82. The SMILES string of the molecule is CCC1OC(=O)C(C)C(OC2CC(C)(OC)C(O)C(C)O2)C(C)C(OC2OC(C)CC(N(C)C)C2O)C(C)(O)CC(C)CN(CCCNC(=[NH+]CC(=O)O)N(CCC(C)C)C(=O)C(Cc2ccccc2)NC(=O)CNC(=O)Cc2ccc(C(=O)c3ccc(C)cc3)n2C)C(C)C(O)C1(C)O. The number of aliphatic hydroxyl groups is 5. The van der Waals surface area contributed by atoms with E-state index >= 15 is 4.79 Å². The molecule has 26 heteroatoms. The Morgan fingerprint density at radius 1 is 0.860 bits per heavy atom. The average molecular weight is 1410 g/mol. The zero-order chi connectivity index (χ0) is 74.3. The maximum atomic E-state index is 15.3. The molecule has 0 aliphatic carbocycles. The Kier molecular flexibility index (Phi) is 30.4. The van der Waals surface area contributed by atoms with Crippen LogP contribution in [-0.4, -0.2) is 248 Å². The molecule has 0 radical (unpaired) electrons. The summed E-state index contributed by atoms with van der Waals surface area (Å²) in [5.41, 5.74) is -1.86. The van der Waals surface area contributed by atoms with Crippen LogP contribution in [0.15, 0.2) is 66.7 Å². The number of guanidine groups is 1. The summed E-state index contributed by atoms with van der Waals surface area (Å²) >= 11 is 0. The van der Waals surface area contributed by atoms with Gasteiger partial charge in [-0.2, -0.15) is 4.90 Å². The van der Waals surface area contributed by atoms with Crippen molar-refractivity contribution in [2.75, 3.05) is 60.5 Å². The highest BCUT2D eigenvalue weighted by Crippen LogP contribution is 2.41. The van der Waals surface area contributed by atoms with E-state index in [9.17, 15) is 54.6 Å². The molecule has 4 heterocycles. The van der Waals surface area contributed by atoms with Crippen molar-refractivity contribution in [3.8, 4) is 0 Å². The Morgan fingerprint density at radius 2 is 1.53 bits per heavy atom. The number of hydrogen-bond donors (Lipinski definition) is 10. The average Bonchev–Trinajstić information content (AvgIpc) is 0.900. The highest BCUT2D eigenvalue weighted by atomic mass is 16.7. The molecule has 3 amide bonds. The topological polar surface area (TPSA) is 344 Å². The standard InChI is InChI=1S/C74H116N8O18/c1-18-57-74(13,94)65(89)49(9)81(42-45(5)38-72(11,93)67(100-70-63(88)56(79(14)15)35-46(6)96-70)47(7)64(48(8)69(92)98-57)99-61-39-73(12,95-17)66(90)50(10)97-61)33-22-32-75-71(77-41-60(85)86)82(34-31-43(2)3)68(91)54(36-51-23-20-19-21-24-51)78-59(84)40-76-58(83)37-53-29-30-55(80(53)16)62(87)52-27-25-44(4)26-28-52/h19-21,23-30,43,45-50,54,56-57,61,63-67,70,88-90,93-94H,18,22,31-42H2,1-17H3,(H,75,77)(H,76,83)(H,78,84)(H,85,86)/p+1. The van der Waals surface area contributed by atoms with Crippen LogP contribution in [0.25, 0.3) is 0 Å². The first-order valence-corrected chi connectivity index (χ1v) is 35.4. The molecular formula is C74H117N8O18+. The van der Waals surface area contributed by atoms with E-state index < -0.39 is 151 Å². The molecule has 0 bridgehead atoms. The smallest absolute Gasteiger partial charge is 0.353 e. The molecule has 3 aliphatic rings. The summed E-state index contributed by atoms with van der Waals surface area (Å²) in [7, 11) is 6.86. The van der Waals surface area contributed by atoms with Crippen LogP contribution in [0.4, 0.5) is 0 Å². The van der Waals surface area contributed by atoms with Gasteiger partial charge in [0.2, 0.25) is 17.6 Å². The summed E-state index contributed by atoms with van der Waals surface area (Å²) in [6.45, 7) is 22.5. The van der Waals surface area contributed by atoms with E-state index in [1.54, 1.807) is 96.5 Å². The molecule has 6 rings (SSSR count). The monoisotopic (exact) mass is 1410 g/mol. The quantitative estimate of drug-likeness (QED) is 0.0182. The van der Waals surface area contributed by atoms with Crippen molar-refractivity contribution >= 4 is 41.4 Å². The van der Waals surface area contributed by atoms with Gasteiger partial charge in [0.05, 0.1) is 73.3 Å². The fraction of sp³-hybridized carbons (Fsp3) is 0.689. The van der Waals surface area contributed by atoms with Crippen LogP contribution in [0, 0.1) is 30.6 Å². The van der Waals surface area contributed by atoms with E-state index in [2.05, 4.69) is 20.9 Å². The number of methoxy groups -OCH3 is 1. The van der Waals surface area contributed by atoms with Gasteiger partial charge in [-0.25, -0.2) is 4.79 Å². The van der Waals surface area contributed by atoms with Gasteiger partial charge in [0.15, 0.2) is 19.1 Å². The number of carboxylic acids is 1. The number of likely N-dealkylation sites (N-methyl/N-ethyl adjacent to an activating group) is 1. The van der Waals surface area contributed by atoms with Gasteiger partial charge in [-0.15, -0.1) is 0 Å². The number of carbonyl (C=O) groups is 6. The van der Waals surface area contributed by atoms with Gasteiger partial charge < -0.3 is 79.2 Å². The molecule has 1 aromatic heterocycles. The minimum Gasteiger partial charge on any atom is -0.479 e. The number of aryl methyl sites for hydroxylation is 1. The maximum Gasteiger partial charge on any atom is 0.353 e. The maximum absolute atomic E-state index is 15.3. The fourth-order valence-corrected chi connectivity index (χ4v) is 14.2. The number of hydrogen-bond acceptors (Lipinski definition) is 19. The van der Waals surface area contributed by atoms with E-state index in [1.807, 2.05) is 88.8 Å². The summed E-state index contributed by atoms with van der Waals surface area (Å²) in [5.74, 6) is -6.38. The molecule has 560 valence electrons. The van der Waals surface area contributed by atoms with E-state index in [4.69, 9.17) is 28.4 Å². The molecule has 26 nitrogen and oxygen atoms in total. The van der Waals surface area contributed by atoms with Crippen LogP contribution in [-0.2, 0) is 72.3 Å². The van der Waals surface area contributed by atoms with Crippen LogP contribution < -0.4 is 20.9 Å². The molecule has 3 aliphatic heterocycles. The first-order chi connectivity index (χ1) is 46.9. The number of carbonyl (C=O) groups excluding carboxylic acids is 5. The van der Waals surface area contributed by atoms with Crippen molar-refractivity contribution < 1.29 is 92.8 Å². The van der Waals surface area contributed by atoms with Crippen LogP contribution in [0.1, 0.15) is 154 Å². The summed E-state index contributed by atoms with van der Waals surface area (Å²) in [6, 6.07) is 17.1. The minimum atomic E-state index is -2.07. The number of rotatable bonds is 26. The molecule has 10 N–H and O–H groups in total. The zero-order valence-electron chi connectivity index (χ0n) is 61.9. The van der Waals surface area contributed by atoms with Crippen molar-refractivity contribution in [1.82, 2.24) is 35.2 Å². The lowest BCUT2D eigenvalue weighted by atomic mass is 9.77. The van der Waals surface area contributed by atoms with Crippen LogP contribution >= 0.6 is 0 Å². The minimum absolute atomic E-state index is 0.0214. The fourth-order valence-electron chi connectivity index (χ4n) is 14.2. The number of aromatic nitrogens is 1. The van der Waals surface area contributed by atoms with Gasteiger partial charge in [-0.05, 0) is 131 Å². The molecule has 3 aromatic rings.